The van der Waals surface area contributed by atoms with Gasteiger partial charge in [-0.15, -0.1) is 0 Å². The summed E-state index contributed by atoms with van der Waals surface area (Å²) in [5, 5.41) is 2.85. The number of nitrogens with zero attached hydrogens (tertiary/aromatic N) is 1. The molecule has 1 aromatic heterocycles. The highest BCUT2D eigenvalue weighted by Crippen LogP contribution is 2.02. The van der Waals surface area contributed by atoms with E-state index in [2.05, 4.69) is 10.3 Å². The van der Waals surface area contributed by atoms with Crippen LogP contribution in [-0.4, -0.2) is 23.5 Å². The van der Waals surface area contributed by atoms with E-state index in [1.165, 1.54) is 0 Å². The average Bonchev–Trinajstić information content (AvgIpc) is 2.49. The first-order valence-corrected chi connectivity index (χ1v) is 6.73. The molecule has 4 heteroatoms. The minimum absolute atomic E-state index is 0.121. The van der Waals surface area contributed by atoms with Crippen molar-refractivity contribution in [1.82, 2.24) is 10.3 Å². The average molecular weight is 269 g/mol. The normalized spacial score (nSPS) is 11.8. The van der Waals surface area contributed by atoms with Gasteiger partial charge in [-0.3, -0.25) is 9.78 Å². The van der Waals surface area contributed by atoms with Gasteiger partial charge in [0.15, 0.2) is 0 Å². The van der Waals surface area contributed by atoms with E-state index in [1.807, 2.05) is 48.5 Å². The lowest BCUT2D eigenvalue weighted by Crippen LogP contribution is -2.42. The van der Waals surface area contributed by atoms with Gasteiger partial charge in [0, 0.05) is 24.9 Å². The molecule has 104 valence electrons. The van der Waals surface area contributed by atoms with Gasteiger partial charge in [-0.2, -0.15) is 0 Å². The lowest BCUT2D eigenvalue weighted by molar-refractivity contribution is -0.122. The van der Waals surface area contributed by atoms with Gasteiger partial charge in [-0.05, 0) is 24.1 Å². The second-order valence-corrected chi connectivity index (χ2v) is 4.66. The lowest BCUT2D eigenvalue weighted by Gasteiger charge is -2.12. The summed E-state index contributed by atoms with van der Waals surface area (Å²) in [7, 11) is 0. The van der Waals surface area contributed by atoms with Crippen LogP contribution in [0.4, 0.5) is 0 Å². The predicted molar refractivity (Wildman–Crippen MR) is 79.1 cm³/mol. The van der Waals surface area contributed by atoms with Gasteiger partial charge >= 0.3 is 0 Å². The van der Waals surface area contributed by atoms with E-state index >= 15 is 0 Å². The number of nitrogens with one attached hydrogen (secondary N) is 1. The second kappa shape index (κ2) is 7.40. The molecule has 0 spiro atoms. The summed E-state index contributed by atoms with van der Waals surface area (Å²) >= 11 is 0. The Morgan fingerprint density at radius 3 is 2.60 bits per heavy atom. The zero-order valence-corrected chi connectivity index (χ0v) is 11.3. The molecule has 2 aromatic rings. The number of hydrogen-bond acceptors (Lipinski definition) is 3. The van der Waals surface area contributed by atoms with Crippen molar-refractivity contribution in [2.75, 3.05) is 6.54 Å². The Balaban J connectivity index is 1.74. The monoisotopic (exact) mass is 269 g/mol. The van der Waals surface area contributed by atoms with Crippen molar-refractivity contribution in [3.63, 3.8) is 0 Å². The SMILES string of the molecule is N[C@@H](Cc1ccccc1)C(=O)NCCc1ccccn1. The Hall–Kier alpha value is -2.20. The van der Waals surface area contributed by atoms with Crippen LogP contribution in [0.15, 0.2) is 54.7 Å². The quantitative estimate of drug-likeness (QED) is 0.831. The summed E-state index contributed by atoms with van der Waals surface area (Å²) in [4.78, 5) is 16.1. The van der Waals surface area contributed by atoms with Gasteiger partial charge < -0.3 is 11.1 Å². The maximum atomic E-state index is 11.9. The number of amides is 1. The van der Waals surface area contributed by atoms with Crippen LogP contribution in [0.25, 0.3) is 0 Å². The Morgan fingerprint density at radius 2 is 1.90 bits per heavy atom. The molecule has 0 radical (unpaired) electrons. The fourth-order valence-corrected chi connectivity index (χ4v) is 1.95. The molecule has 2 rings (SSSR count). The molecular weight excluding hydrogens is 250 g/mol. The maximum Gasteiger partial charge on any atom is 0.237 e. The molecule has 0 aliphatic heterocycles. The third-order valence-corrected chi connectivity index (χ3v) is 3.04. The number of nitrogens with two attached hydrogens (primary N) is 1. The molecule has 3 N–H and O–H groups in total. The zero-order chi connectivity index (χ0) is 14.2. The topological polar surface area (TPSA) is 68.0 Å². The first-order valence-electron chi connectivity index (χ1n) is 6.73. The predicted octanol–water partition coefficient (Wildman–Crippen LogP) is 1.31. The van der Waals surface area contributed by atoms with Gasteiger partial charge in [-0.25, -0.2) is 0 Å². The fourth-order valence-electron chi connectivity index (χ4n) is 1.95. The standard InChI is InChI=1S/C16H19N3O/c17-15(12-13-6-2-1-3-7-13)16(20)19-11-9-14-8-4-5-10-18-14/h1-8,10,15H,9,11-12,17H2,(H,19,20)/t15-/m0/s1. The molecule has 1 aromatic carbocycles. The largest absolute Gasteiger partial charge is 0.354 e. The van der Waals surface area contributed by atoms with Crippen molar-refractivity contribution in [2.45, 2.75) is 18.9 Å². The summed E-state index contributed by atoms with van der Waals surface area (Å²) in [6.07, 6.45) is 3.01. The molecule has 0 bridgehead atoms. The molecule has 1 atom stereocenters. The van der Waals surface area contributed by atoms with E-state index in [-0.39, 0.29) is 5.91 Å². The molecule has 0 aliphatic rings. The van der Waals surface area contributed by atoms with Gasteiger partial charge in [0.2, 0.25) is 5.91 Å². The van der Waals surface area contributed by atoms with Crippen LogP contribution in [0.3, 0.4) is 0 Å². The Bertz CT molecular complexity index is 528. The number of carbonyl (C=O) groups excluding carboxylic acids is 1. The summed E-state index contributed by atoms with van der Waals surface area (Å²) in [5.74, 6) is -0.121. The van der Waals surface area contributed by atoms with Crippen LogP contribution in [0.1, 0.15) is 11.3 Å². The van der Waals surface area contributed by atoms with Crippen molar-refractivity contribution >= 4 is 5.91 Å². The number of rotatable bonds is 6. The summed E-state index contributed by atoms with van der Waals surface area (Å²) in [6, 6.07) is 15.0. The molecule has 1 heterocycles. The third-order valence-electron chi connectivity index (χ3n) is 3.04. The molecule has 4 nitrogen and oxygen atoms in total. The maximum absolute atomic E-state index is 11.9. The van der Waals surface area contributed by atoms with Gasteiger partial charge in [-0.1, -0.05) is 36.4 Å². The molecule has 0 unspecified atom stereocenters. The zero-order valence-electron chi connectivity index (χ0n) is 11.3. The third kappa shape index (κ3) is 4.48. The smallest absolute Gasteiger partial charge is 0.237 e. The number of pyridine rings is 1. The molecule has 0 fully saturated rings. The molecular formula is C16H19N3O. The van der Waals surface area contributed by atoms with Crippen molar-refractivity contribution in [1.29, 1.82) is 0 Å². The molecule has 0 aliphatic carbocycles. The van der Waals surface area contributed by atoms with Crippen molar-refractivity contribution in [2.24, 2.45) is 5.73 Å². The highest BCUT2D eigenvalue weighted by atomic mass is 16.2. The van der Waals surface area contributed by atoms with Crippen molar-refractivity contribution in [3.8, 4) is 0 Å². The first-order chi connectivity index (χ1) is 9.75. The number of benzene rings is 1. The van der Waals surface area contributed by atoms with E-state index < -0.39 is 6.04 Å². The summed E-state index contributed by atoms with van der Waals surface area (Å²) in [6.45, 7) is 0.554. The molecule has 0 saturated heterocycles. The van der Waals surface area contributed by atoms with Crippen LogP contribution < -0.4 is 11.1 Å². The van der Waals surface area contributed by atoms with Crippen LogP contribution in [0.2, 0.25) is 0 Å². The molecule has 1 amide bonds. The first kappa shape index (κ1) is 14.2. The Morgan fingerprint density at radius 1 is 1.15 bits per heavy atom. The van der Waals surface area contributed by atoms with Crippen LogP contribution >= 0.6 is 0 Å². The van der Waals surface area contributed by atoms with E-state index in [1.54, 1.807) is 6.20 Å². The number of hydrogen-bond donors (Lipinski definition) is 2. The Kier molecular flexibility index (Phi) is 5.26. The van der Waals surface area contributed by atoms with E-state index in [0.29, 0.717) is 19.4 Å². The van der Waals surface area contributed by atoms with Gasteiger partial charge in [0.05, 0.1) is 6.04 Å². The molecule has 0 saturated carbocycles. The fraction of sp³-hybridized carbons (Fsp3) is 0.250. The minimum atomic E-state index is -0.513. The van der Waals surface area contributed by atoms with E-state index in [4.69, 9.17) is 5.73 Å². The van der Waals surface area contributed by atoms with Crippen LogP contribution in [-0.2, 0) is 17.6 Å². The summed E-state index contributed by atoms with van der Waals surface area (Å²) < 4.78 is 0. The van der Waals surface area contributed by atoms with Gasteiger partial charge in [0.1, 0.15) is 0 Å². The highest BCUT2D eigenvalue weighted by molar-refractivity contribution is 5.81. The number of carbonyl (C=O) groups is 1. The van der Waals surface area contributed by atoms with Gasteiger partial charge in [0.25, 0.3) is 0 Å². The van der Waals surface area contributed by atoms with Crippen molar-refractivity contribution < 1.29 is 4.79 Å². The second-order valence-electron chi connectivity index (χ2n) is 4.66. The number of aromatic nitrogens is 1. The van der Waals surface area contributed by atoms with Crippen LogP contribution in [0.5, 0.6) is 0 Å². The summed E-state index contributed by atoms with van der Waals surface area (Å²) in [5.41, 5.74) is 7.93. The highest BCUT2D eigenvalue weighted by Gasteiger charge is 2.13. The van der Waals surface area contributed by atoms with E-state index in [9.17, 15) is 4.79 Å². The minimum Gasteiger partial charge on any atom is -0.354 e. The Labute approximate surface area is 119 Å². The molecule has 20 heavy (non-hydrogen) atoms. The lowest BCUT2D eigenvalue weighted by atomic mass is 10.1. The van der Waals surface area contributed by atoms with Crippen LogP contribution in [0, 0.1) is 0 Å². The van der Waals surface area contributed by atoms with E-state index in [0.717, 1.165) is 11.3 Å². The van der Waals surface area contributed by atoms with Crippen molar-refractivity contribution in [3.05, 3.63) is 66.0 Å².